The number of hydrogen-bond acceptors (Lipinski definition) is 2. The number of para-hydroxylation sites is 1. The van der Waals surface area contributed by atoms with Gasteiger partial charge in [0.25, 0.3) is 5.91 Å². The number of halogens is 3. The Morgan fingerprint density at radius 2 is 1.82 bits per heavy atom. The molecule has 0 unspecified atom stereocenters. The molecule has 0 saturated carbocycles. The number of furan rings is 1. The van der Waals surface area contributed by atoms with Crippen LogP contribution in [-0.4, -0.2) is 13.0 Å². The summed E-state index contributed by atoms with van der Waals surface area (Å²) in [5.74, 6) is -0.736. The second-order valence-corrected chi connectivity index (χ2v) is 5.54. The highest BCUT2D eigenvalue weighted by Gasteiger charge is 2.22. The third-order valence-electron chi connectivity index (χ3n) is 3.27. The highest BCUT2D eigenvalue weighted by atomic mass is 35.5. The summed E-state index contributed by atoms with van der Waals surface area (Å²) in [7, 11) is 1.54. The van der Waals surface area contributed by atoms with Crippen LogP contribution in [0.15, 0.2) is 46.9 Å². The van der Waals surface area contributed by atoms with Gasteiger partial charge in [0, 0.05) is 12.4 Å². The minimum atomic E-state index is -0.424. The number of fused-ring (bicyclic) bond motifs is 1. The number of rotatable bonds is 2. The van der Waals surface area contributed by atoms with Gasteiger partial charge in [-0.3, -0.25) is 4.79 Å². The first-order valence-corrected chi connectivity index (χ1v) is 7.14. The first-order valence-electron chi connectivity index (χ1n) is 6.38. The minimum absolute atomic E-state index is 0.0825. The fourth-order valence-electron chi connectivity index (χ4n) is 2.20. The van der Waals surface area contributed by atoms with Crippen molar-refractivity contribution in [2.24, 2.45) is 0 Å². The summed E-state index contributed by atoms with van der Waals surface area (Å²) in [5.41, 5.74) is 0.825. The largest absolute Gasteiger partial charge is 0.451 e. The van der Waals surface area contributed by atoms with E-state index in [4.69, 9.17) is 27.6 Å². The molecule has 1 heterocycles. The standard InChI is InChI=1S/C16H10Cl2FNO2/c1-20(15-11(17)3-2-4-12(15)18)16(21)14-8-9-7-10(19)5-6-13(9)22-14/h2-8H,1H3. The van der Waals surface area contributed by atoms with Gasteiger partial charge in [0.05, 0.1) is 15.7 Å². The van der Waals surface area contributed by atoms with Gasteiger partial charge in [-0.15, -0.1) is 0 Å². The number of nitrogens with zero attached hydrogens (tertiary/aromatic N) is 1. The van der Waals surface area contributed by atoms with Crippen molar-refractivity contribution in [3.8, 4) is 0 Å². The van der Waals surface area contributed by atoms with E-state index in [0.29, 0.717) is 26.7 Å². The molecule has 112 valence electrons. The average Bonchev–Trinajstić information content (AvgIpc) is 2.89. The quantitative estimate of drug-likeness (QED) is 0.647. The highest BCUT2D eigenvalue weighted by Crippen LogP contribution is 2.34. The van der Waals surface area contributed by atoms with Crippen LogP contribution in [0.3, 0.4) is 0 Å². The lowest BCUT2D eigenvalue weighted by Gasteiger charge is -2.18. The van der Waals surface area contributed by atoms with Crippen LogP contribution in [0, 0.1) is 5.82 Å². The Morgan fingerprint density at radius 3 is 2.50 bits per heavy atom. The zero-order valence-electron chi connectivity index (χ0n) is 11.4. The van der Waals surface area contributed by atoms with Crippen LogP contribution >= 0.6 is 23.2 Å². The second-order valence-electron chi connectivity index (χ2n) is 4.73. The molecule has 0 N–H and O–H groups in total. The number of anilines is 1. The summed E-state index contributed by atoms with van der Waals surface area (Å²) in [4.78, 5) is 13.8. The molecular weight excluding hydrogens is 328 g/mol. The summed E-state index contributed by atoms with van der Waals surface area (Å²) in [6.45, 7) is 0. The zero-order chi connectivity index (χ0) is 15.9. The van der Waals surface area contributed by atoms with Gasteiger partial charge in [-0.2, -0.15) is 0 Å². The van der Waals surface area contributed by atoms with Gasteiger partial charge in [-0.1, -0.05) is 29.3 Å². The van der Waals surface area contributed by atoms with E-state index in [2.05, 4.69) is 0 Å². The summed E-state index contributed by atoms with van der Waals surface area (Å²) >= 11 is 12.2. The Bertz CT molecular complexity index is 855. The van der Waals surface area contributed by atoms with E-state index in [1.54, 1.807) is 25.2 Å². The van der Waals surface area contributed by atoms with Crippen molar-refractivity contribution in [2.75, 3.05) is 11.9 Å². The number of benzene rings is 2. The fourth-order valence-corrected chi connectivity index (χ4v) is 2.85. The van der Waals surface area contributed by atoms with Crippen LogP contribution in [0.2, 0.25) is 10.0 Å². The van der Waals surface area contributed by atoms with E-state index in [-0.39, 0.29) is 5.76 Å². The van der Waals surface area contributed by atoms with Gasteiger partial charge in [0.2, 0.25) is 0 Å². The topological polar surface area (TPSA) is 33.5 Å². The highest BCUT2D eigenvalue weighted by molar-refractivity contribution is 6.40. The van der Waals surface area contributed by atoms with Crippen LogP contribution in [0.1, 0.15) is 10.6 Å². The van der Waals surface area contributed by atoms with Crippen molar-refractivity contribution < 1.29 is 13.6 Å². The summed E-state index contributed by atoms with van der Waals surface area (Å²) in [6.07, 6.45) is 0. The van der Waals surface area contributed by atoms with Gasteiger partial charge < -0.3 is 9.32 Å². The molecule has 1 aromatic heterocycles. The van der Waals surface area contributed by atoms with Crippen LogP contribution in [0.5, 0.6) is 0 Å². The first-order chi connectivity index (χ1) is 10.5. The molecule has 0 saturated heterocycles. The molecule has 6 heteroatoms. The molecule has 3 nitrogen and oxygen atoms in total. The van der Waals surface area contributed by atoms with Gasteiger partial charge in [0.1, 0.15) is 11.4 Å². The molecule has 0 aliphatic carbocycles. The van der Waals surface area contributed by atoms with Crippen LogP contribution < -0.4 is 4.90 Å². The minimum Gasteiger partial charge on any atom is -0.451 e. The molecule has 0 atom stereocenters. The van der Waals surface area contributed by atoms with E-state index in [1.165, 1.54) is 29.2 Å². The van der Waals surface area contributed by atoms with Crippen LogP contribution in [-0.2, 0) is 0 Å². The Hall–Kier alpha value is -2.04. The smallest absolute Gasteiger partial charge is 0.293 e. The van der Waals surface area contributed by atoms with Crippen molar-refractivity contribution in [2.45, 2.75) is 0 Å². The van der Waals surface area contributed by atoms with E-state index < -0.39 is 11.7 Å². The molecule has 0 bridgehead atoms. The number of carbonyl (C=O) groups is 1. The molecule has 0 spiro atoms. The van der Waals surface area contributed by atoms with Crippen LogP contribution in [0.4, 0.5) is 10.1 Å². The second kappa shape index (κ2) is 5.63. The maximum Gasteiger partial charge on any atom is 0.293 e. The Morgan fingerprint density at radius 1 is 1.14 bits per heavy atom. The molecule has 0 aliphatic rings. The van der Waals surface area contributed by atoms with Crippen molar-refractivity contribution in [1.29, 1.82) is 0 Å². The predicted molar refractivity (Wildman–Crippen MR) is 85.4 cm³/mol. The van der Waals surface area contributed by atoms with Crippen molar-refractivity contribution >= 4 is 45.8 Å². The molecule has 3 rings (SSSR count). The van der Waals surface area contributed by atoms with E-state index >= 15 is 0 Å². The van der Waals surface area contributed by atoms with E-state index in [1.807, 2.05) is 0 Å². The first kappa shape index (κ1) is 14.9. The zero-order valence-corrected chi connectivity index (χ0v) is 13.0. The van der Waals surface area contributed by atoms with Crippen LogP contribution in [0.25, 0.3) is 11.0 Å². The fraction of sp³-hybridized carbons (Fsp3) is 0.0625. The number of carbonyl (C=O) groups excluding carboxylic acids is 1. The Labute approximate surface area is 135 Å². The van der Waals surface area contributed by atoms with Gasteiger partial charge in [0.15, 0.2) is 5.76 Å². The maximum atomic E-state index is 13.2. The Balaban J connectivity index is 2.01. The average molecular weight is 338 g/mol. The summed E-state index contributed by atoms with van der Waals surface area (Å²) in [6, 6.07) is 10.5. The molecule has 0 aliphatic heterocycles. The molecule has 1 amide bonds. The van der Waals surface area contributed by atoms with E-state index in [9.17, 15) is 9.18 Å². The molecule has 2 aromatic carbocycles. The molecule has 0 radical (unpaired) electrons. The summed E-state index contributed by atoms with van der Waals surface area (Å²) in [5, 5.41) is 1.22. The lowest BCUT2D eigenvalue weighted by Crippen LogP contribution is -2.26. The van der Waals surface area contributed by atoms with Gasteiger partial charge in [-0.05, 0) is 36.4 Å². The SMILES string of the molecule is CN(C(=O)c1cc2cc(F)ccc2o1)c1c(Cl)cccc1Cl. The van der Waals surface area contributed by atoms with E-state index in [0.717, 1.165) is 0 Å². The predicted octanol–water partition coefficient (Wildman–Crippen LogP) is 5.16. The van der Waals surface area contributed by atoms with Crippen molar-refractivity contribution in [1.82, 2.24) is 0 Å². The monoisotopic (exact) mass is 337 g/mol. The molecule has 22 heavy (non-hydrogen) atoms. The molecule has 0 fully saturated rings. The normalized spacial score (nSPS) is 10.9. The van der Waals surface area contributed by atoms with Crippen molar-refractivity contribution in [3.05, 3.63) is 64.1 Å². The number of amides is 1. The van der Waals surface area contributed by atoms with Gasteiger partial charge >= 0.3 is 0 Å². The lowest BCUT2D eigenvalue weighted by molar-refractivity contribution is 0.0968. The molecular formula is C16H10Cl2FNO2. The summed E-state index contributed by atoms with van der Waals surface area (Å²) < 4.78 is 18.7. The lowest BCUT2D eigenvalue weighted by atomic mass is 10.2. The molecule has 3 aromatic rings. The third kappa shape index (κ3) is 2.56. The Kier molecular flexibility index (Phi) is 3.81. The van der Waals surface area contributed by atoms with Gasteiger partial charge in [-0.25, -0.2) is 4.39 Å². The third-order valence-corrected chi connectivity index (χ3v) is 3.88. The van der Waals surface area contributed by atoms with Crippen molar-refractivity contribution in [3.63, 3.8) is 0 Å². The maximum absolute atomic E-state index is 13.2. The number of hydrogen-bond donors (Lipinski definition) is 0.